The lowest BCUT2D eigenvalue weighted by Gasteiger charge is -2.16. The fourth-order valence-corrected chi connectivity index (χ4v) is 0.874. The van der Waals surface area contributed by atoms with Crippen molar-refractivity contribution in [2.75, 3.05) is 6.54 Å². The van der Waals surface area contributed by atoms with Crippen molar-refractivity contribution in [2.24, 2.45) is 7.05 Å². The summed E-state index contributed by atoms with van der Waals surface area (Å²) < 4.78 is 0. The maximum absolute atomic E-state index is 9.38. The van der Waals surface area contributed by atoms with E-state index < -0.39 is 5.60 Å². The Morgan fingerprint density at radius 2 is 2.23 bits per heavy atom. The van der Waals surface area contributed by atoms with Crippen LogP contribution in [-0.2, 0) is 13.6 Å². The lowest BCUT2D eigenvalue weighted by atomic mass is 10.1. The monoisotopic (exact) mass is 185 g/mol. The van der Waals surface area contributed by atoms with E-state index in [0.717, 1.165) is 0 Å². The quantitative estimate of drug-likeness (QED) is 0.634. The molecule has 1 rings (SSSR count). The average Bonchev–Trinajstić information content (AvgIpc) is 2.33. The van der Waals surface area contributed by atoms with Crippen LogP contribution in [0.4, 0.5) is 0 Å². The highest BCUT2D eigenvalue weighted by Gasteiger charge is 2.11. The molecule has 0 aromatic carbocycles. The molecule has 1 aromatic rings. The van der Waals surface area contributed by atoms with Crippen LogP contribution in [0.25, 0.3) is 0 Å². The summed E-state index contributed by atoms with van der Waals surface area (Å²) >= 11 is 0. The van der Waals surface area contributed by atoms with Gasteiger partial charge in [0.1, 0.15) is 0 Å². The van der Waals surface area contributed by atoms with Gasteiger partial charge in [0.05, 0.1) is 19.2 Å². The first kappa shape index (κ1) is 10.1. The van der Waals surface area contributed by atoms with E-state index >= 15 is 0 Å². The molecule has 0 unspecified atom stereocenters. The summed E-state index contributed by atoms with van der Waals surface area (Å²) in [5.41, 5.74) is -0.706. The number of aryl methyl sites for hydroxylation is 1. The van der Waals surface area contributed by atoms with Crippen LogP contribution in [0.15, 0.2) is 0 Å². The van der Waals surface area contributed by atoms with Crippen LogP contribution < -0.4 is 5.32 Å². The lowest BCUT2D eigenvalue weighted by molar-refractivity contribution is 0.0793. The van der Waals surface area contributed by atoms with Gasteiger partial charge in [0, 0.05) is 6.54 Å². The molecule has 0 bridgehead atoms. The molecule has 13 heavy (non-hydrogen) atoms. The van der Waals surface area contributed by atoms with Gasteiger partial charge in [-0.3, -0.25) is 0 Å². The van der Waals surface area contributed by atoms with E-state index in [2.05, 4.69) is 20.7 Å². The Labute approximate surface area is 76.9 Å². The van der Waals surface area contributed by atoms with Crippen molar-refractivity contribution < 1.29 is 5.11 Å². The normalized spacial score (nSPS) is 12.0. The Morgan fingerprint density at radius 3 is 2.69 bits per heavy atom. The summed E-state index contributed by atoms with van der Waals surface area (Å²) in [5, 5.41) is 23.9. The summed E-state index contributed by atoms with van der Waals surface area (Å²) in [7, 11) is 1.71. The minimum Gasteiger partial charge on any atom is -0.389 e. The number of nitrogens with zero attached hydrogens (tertiary/aromatic N) is 4. The second-order valence-corrected chi connectivity index (χ2v) is 3.61. The molecule has 0 atom stereocenters. The second kappa shape index (κ2) is 3.80. The molecule has 1 aromatic heterocycles. The fraction of sp³-hybridized carbons (Fsp3) is 0.857. The van der Waals surface area contributed by atoms with Gasteiger partial charge >= 0.3 is 0 Å². The van der Waals surface area contributed by atoms with Crippen LogP contribution in [-0.4, -0.2) is 37.5 Å². The van der Waals surface area contributed by atoms with E-state index in [0.29, 0.717) is 18.9 Å². The SMILES string of the molecule is Cn1nnc(CNCC(C)(C)O)n1. The van der Waals surface area contributed by atoms with Crippen molar-refractivity contribution in [1.82, 2.24) is 25.5 Å². The molecule has 0 aliphatic carbocycles. The molecule has 1 heterocycles. The first-order valence-corrected chi connectivity index (χ1v) is 4.13. The Hall–Kier alpha value is -1.01. The van der Waals surface area contributed by atoms with Crippen LogP contribution in [0.1, 0.15) is 19.7 Å². The number of rotatable bonds is 4. The Bertz CT molecular complexity index is 264. The number of aromatic nitrogens is 4. The molecule has 0 radical (unpaired) electrons. The van der Waals surface area contributed by atoms with Gasteiger partial charge in [-0.25, -0.2) is 0 Å². The molecule has 0 spiro atoms. The molecule has 6 nitrogen and oxygen atoms in total. The predicted molar refractivity (Wildman–Crippen MR) is 46.8 cm³/mol. The van der Waals surface area contributed by atoms with E-state index in [1.807, 2.05) is 0 Å². The molecule has 0 fully saturated rings. The minimum absolute atomic E-state index is 0.505. The Balaban J connectivity index is 2.28. The van der Waals surface area contributed by atoms with E-state index in [4.69, 9.17) is 0 Å². The lowest BCUT2D eigenvalue weighted by Crippen LogP contribution is -2.34. The van der Waals surface area contributed by atoms with E-state index in [9.17, 15) is 5.11 Å². The standard InChI is InChI=1S/C7H15N5O/c1-7(2,13)5-8-4-6-9-11-12(3)10-6/h8,13H,4-5H2,1-3H3. The minimum atomic E-state index is -0.706. The molecule has 0 aliphatic rings. The van der Waals surface area contributed by atoms with Crippen LogP contribution in [0, 0.1) is 0 Å². The molecule has 0 aliphatic heterocycles. The van der Waals surface area contributed by atoms with Crippen molar-refractivity contribution >= 4 is 0 Å². The van der Waals surface area contributed by atoms with E-state index in [1.54, 1.807) is 20.9 Å². The molecule has 0 saturated carbocycles. The molecule has 6 heteroatoms. The zero-order valence-corrected chi connectivity index (χ0v) is 8.15. The maximum atomic E-state index is 9.38. The Kier molecular flexibility index (Phi) is 2.94. The molecule has 74 valence electrons. The number of hydrogen-bond donors (Lipinski definition) is 2. The highest BCUT2D eigenvalue weighted by Crippen LogP contribution is 1.97. The van der Waals surface area contributed by atoms with Gasteiger partial charge in [0.2, 0.25) is 0 Å². The molecule has 2 N–H and O–H groups in total. The van der Waals surface area contributed by atoms with E-state index in [-0.39, 0.29) is 0 Å². The zero-order chi connectivity index (χ0) is 9.90. The smallest absolute Gasteiger partial charge is 0.188 e. The highest BCUT2D eigenvalue weighted by atomic mass is 16.3. The summed E-state index contributed by atoms with van der Waals surface area (Å²) in [4.78, 5) is 1.40. The van der Waals surface area contributed by atoms with Crippen LogP contribution in [0.5, 0.6) is 0 Å². The molecular formula is C7H15N5O. The van der Waals surface area contributed by atoms with Crippen molar-refractivity contribution in [2.45, 2.75) is 26.0 Å². The van der Waals surface area contributed by atoms with Gasteiger partial charge in [0.25, 0.3) is 0 Å². The Morgan fingerprint density at radius 1 is 1.54 bits per heavy atom. The van der Waals surface area contributed by atoms with Gasteiger partial charge in [-0.05, 0) is 19.1 Å². The van der Waals surface area contributed by atoms with Gasteiger partial charge in [-0.2, -0.15) is 4.80 Å². The van der Waals surface area contributed by atoms with Crippen molar-refractivity contribution in [1.29, 1.82) is 0 Å². The first-order chi connectivity index (χ1) is 5.97. The van der Waals surface area contributed by atoms with Gasteiger partial charge in [0.15, 0.2) is 5.82 Å². The summed E-state index contributed by atoms with van der Waals surface area (Å²) in [6.45, 7) is 4.51. The third-order valence-corrected chi connectivity index (χ3v) is 1.39. The predicted octanol–water partition coefficient (Wildman–Crippen LogP) is -0.929. The maximum Gasteiger partial charge on any atom is 0.188 e. The van der Waals surface area contributed by atoms with Crippen LogP contribution in [0.2, 0.25) is 0 Å². The van der Waals surface area contributed by atoms with Crippen LogP contribution in [0.3, 0.4) is 0 Å². The largest absolute Gasteiger partial charge is 0.389 e. The summed E-state index contributed by atoms with van der Waals surface area (Å²) in [6, 6.07) is 0. The van der Waals surface area contributed by atoms with Gasteiger partial charge in [-0.1, -0.05) is 0 Å². The van der Waals surface area contributed by atoms with Crippen molar-refractivity contribution in [3.63, 3.8) is 0 Å². The van der Waals surface area contributed by atoms with Gasteiger partial charge in [-0.15, -0.1) is 10.2 Å². The zero-order valence-electron chi connectivity index (χ0n) is 8.15. The molecular weight excluding hydrogens is 170 g/mol. The summed E-state index contributed by atoms with van der Waals surface area (Å²) in [5.74, 6) is 0.631. The second-order valence-electron chi connectivity index (χ2n) is 3.61. The third-order valence-electron chi connectivity index (χ3n) is 1.39. The average molecular weight is 185 g/mol. The van der Waals surface area contributed by atoms with Gasteiger partial charge < -0.3 is 10.4 Å². The van der Waals surface area contributed by atoms with Crippen LogP contribution >= 0.6 is 0 Å². The molecule has 0 saturated heterocycles. The van der Waals surface area contributed by atoms with Crippen molar-refractivity contribution in [3.8, 4) is 0 Å². The number of nitrogens with one attached hydrogen (secondary N) is 1. The first-order valence-electron chi connectivity index (χ1n) is 4.13. The summed E-state index contributed by atoms with van der Waals surface area (Å²) in [6.07, 6.45) is 0. The topological polar surface area (TPSA) is 75.9 Å². The van der Waals surface area contributed by atoms with Crippen molar-refractivity contribution in [3.05, 3.63) is 5.82 Å². The third kappa shape index (κ3) is 3.95. The number of hydrogen-bond acceptors (Lipinski definition) is 5. The number of aliphatic hydroxyl groups is 1. The fourth-order valence-electron chi connectivity index (χ4n) is 0.874. The highest BCUT2D eigenvalue weighted by molar-refractivity contribution is 4.77. The number of tetrazole rings is 1. The molecule has 0 amide bonds. The van der Waals surface area contributed by atoms with E-state index in [1.165, 1.54) is 4.80 Å².